The van der Waals surface area contributed by atoms with Crippen molar-refractivity contribution >= 4 is 5.78 Å². The molecule has 3 nitrogen and oxygen atoms in total. The molecule has 0 amide bonds. The molecule has 0 spiro atoms. The summed E-state index contributed by atoms with van der Waals surface area (Å²) in [5, 5.41) is 0. The van der Waals surface area contributed by atoms with E-state index in [9.17, 15) is 13.6 Å². The van der Waals surface area contributed by atoms with Crippen LogP contribution in [0.15, 0.2) is 0 Å². The number of fused-ring (bicyclic) bond motifs is 1. The molecule has 0 radical (unpaired) electrons. The maximum Gasteiger partial charge on any atom is 0.288 e. The van der Waals surface area contributed by atoms with Crippen molar-refractivity contribution in [3.05, 3.63) is 0 Å². The first-order valence-corrected chi connectivity index (χ1v) is 3.75. The van der Waals surface area contributed by atoms with Crippen molar-refractivity contribution < 1.29 is 18.3 Å². The van der Waals surface area contributed by atoms with Gasteiger partial charge in [-0.05, 0) is 7.05 Å². The summed E-state index contributed by atoms with van der Waals surface area (Å²) in [6.45, 7) is -0.552. The Bertz CT molecular complexity index is 231. The summed E-state index contributed by atoms with van der Waals surface area (Å²) in [7, 11) is 1.52. The highest BCUT2D eigenvalue weighted by atomic mass is 19.3. The zero-order valence-electron chi connectivity index (χ0n) is 6.59. The summed E-state index contributed by atoms with van der Waals surface area (Å²) in [4.78, 5) is 12.4. The first-order chi connectivity index (χ1) is 5.52. The number of carbonyl (C=O) groups is 1. The van der Waals surface area contributed by atoms with Crippen LogP contribution in [0.4, 0.5) is 8.78 Å². The summed E-state index contributed by atoms with van der Waals surface area (Å²) >= 11 is 0. The van der Waals surface area contributed by atoms with Gasteiger partial charge in [-0.2, -0.15) is 0 Å². The van der Waals surface area contributed by atoms with E-state index in [0.29, 0.717) is 0 Å². The minimum absolute atomic E-state index is 0.171. The SMILES string of the molecule is CN1CC(F)(F)[C@H]2OCC(=O)[C@H]21. The molecule has 68 valence electrons. The van der Waals surface area contributed by atoms with E-state index in [0.717, 1.165) is 0 Å². The number of rotatable bonds is 0. The molecular formula is C7H9F2NO2. The van der Waals surface area contributed by atoms with Gasteiger partial charge in [-0.1, -0.05) is 0 Å². The Balaban J connectivity index is 2.29. The third-order valence-corrected chi connectivity index (χ3v) is 2.37. The van der Waals surface area contributed by atoms with Crippen molar-refractivity contribution in [1.29, 1.82) is 0 Å². The number of ketones is 1. The third kappa shape index (κ3) is 0.895. The van der Waals surface area contributed by atoms with Gasteiger partial charge in [-0.25, -0.2) is 8.78 Å². The molecule has 2 saturated heterocycles. The second kappa shape index (κ2) is 2.23. The van der Waals surface area contributed by atoms with Gasteiger partial charge in [0.15, 0.2) is 5.78 Å². The van der Waals surface area contributed by atoms with Gasteiger partial charge >= 0.3 is 0 Å². The Hall–Kier alpha value is -0.550. The molecule has 0 aromatic carbocycles. The fraction of sp³-hybridized carbons (Fsp3) is 0.857. The van der Waals surface area contributed by atoms with Crippen LogP contribution < -0.4 is 0 Å². The molecule has 0 N–H and O–H groups in total. The van der Waals surface area contributed by atoms with Gasteiger partial charge in [0.05, 0.1) is 6.54 Å². The minimum Gasteiger partial charge on any atom is -0.362 e. The standard InChI is InChI=1S/C7H9F2NO2/c1-10-3-7(8,9)6-5(10)4(11)2-12-6/h5-6H,2-3H2,1H3/t5-,6+/m1/s1. The number of alkyl halides is 2. The average molecular weight is 177 g/mol. The number of Topliss-reactive ketones (excluding diaryl/α,β-unsaturated/α-hetero) is 1. The van der Waals surface area contributed by atoms with Crippen molar-refractivity contribution in [2.24, 2.45) is 0 Å². The van der Waals surface area contributed by atoms with Crippen LogP contribution in [0.2, 0.25) is 0 Å². The third-order valence-electron chi connectivity index (χ3n) is 2.37. The Morgan fingerprint density at radius 3 is 2.92 bits per heavy atom. The van der Waals surface area contributed by atoms with E-state index in [4.69, 9.17) is 4.74 Å². The van der Waals surface area contributed by atoms with Crippen LogP contribution in [0.25, 0.3) is 0 Å². The number of halogens is 2. The van der Waals surface area contributed by atoms with Crippen LogP contribution >= 0.6 is 0 Å². The summed E-state index contributed by atoms with van der Waals surface area (Å²) in [6, 6.07) is -0.722. The van der Waals surface area contributed by atoms with Gasteiger partial charge in [0.25, 0.3) is 5.92 Å². The second-order valence-electron chi connectivity index (χ2n) is 3.32. The molecule has 5 heteroatoms. The van der Waals surface area contributed by atoms with E-state index in [1.165, 1.54) is 11.9 Å². The van der Waals surface area contributed by atoms with E-state index >= 15 is 0 Å². The lowest BCUT2D eigenvalue weighted by Crippen LogP contribution is -2.36. The Morgan fingerprint density at radius 1 is 1.67 bits per heavy atom. The summed E-state index contributed by atoms with van der Waals surface area (Å²) in [6.07, 6.45) is -1.21. The number of carbonyl (C=O) groups excluding carboxylic acids is 1. The first-order valence-electron chi connectivity index (χ1n) is 3.75. The lowest BCUT2D eigenvalue weighted by atomic mass is 10.1. The van der Waals surface area contributed by atoms with Gasteiger partial charge in [-0.15, -0.1) is 0 Å². The maximum atomic E-state index is 13.0. The molecule has 12 heavy (non-hydrogen) atoms. The van der Waals surface area contributed by atoms with E-state index < -0.39 is 18.1 Å². The van der Waals surface area contributed by atoms with Gasteiger partial charge in [-0.3, -0.25) is 9.69 Å². The lowest BCUT2D eigenvalue weighted by molar-refractivity contribution is -0.121. The zero-order valence-corrected chi connectivity index (χ0v) is 6.59. The normalized spacial score (nSPS) is 40.4. The highest BCUT2D eigenvalue weighted by molar-refractivity contribution is 5.88. The topological polar surface area (TPSA) is 29.5 Å². The predicted molar refractivity (Wildman–Crippen MR) is 36.1 cm³/mol. The number of ether oxygens (including phenoxy) is 1. The molecule has 0 aliphatic carbocycles. The summed E-state index contributed by atoms with van der Waals surface area (Å²) in [5.74, 6) is -3.11. The van der Waals surface area contributed by atoms with Crippen molar-refractivity contribution in [2.45, 2.75) is 18.1 Å². The maximum absolute atomic E-state index is 13.0. The van der Waals surface area contributed by atoms with Crippen LogP contribution in [0, 0.1) is 0 Å². The molecule has 0 saturated carbocycles. The van der Waals surface area contributed by atoms with E-state index in [2.05, 4.69) is 0 Å². The van der Waals surface area contributed by atoms with Gasteiger partial charge < -0.3 is 4.74 Å². The van der Waals surface area contributed by atoms with E-state index in [1.54, 1.807) is 0 Å². The molecule has 2 atom stereocenters. The van der Waals surface area contributed by atoms with Gasteiger partial charge in [0.2, 0.25) is 0 Å². The monoisotopic (exact) mass is 177 g/mol. The van der Waals surface area contributed by atoms with Gasteiger partial charge in [0, 0.05) is 0 Å². The lowest BCUT2D eigenvalue weighted by Gasteiger charge is -2.14. The molecule has 2 aliphatic heterocycles. The summed E-state index contributed by atoms with van der Waals surface area (Å²) in [5.41, 5.74) is 0. The van der Waals surface area contributed by atoms with E-state index in [1.807, 2.05) is 0 Å². The van der Waals surface area contributed by atoms with E-state index in [-0.39, 0.29) is 18.9 Å². The minimum atomic E-state index is -2.87. The highest BCUT2D eigenvalue weighted by Crippen LogP contribution is 2.37. The number of likely N-dealkylation sites (N-methyl/N-ethyl adjacent to an activating group) is 1. The molecule has 0 bridgehead atoms. The largest absolute Gasteiger partial charge is 0.362 e. The fourth-order valence-corrected chi connectivity index (χ4v) is 1.87. The number of hydrogen-bond acceptors (Lipinski definition) is 3. The molecule has 0 aromatic heterocycles. The van der Waals surface area contributed by atoms with Crippen molar-refractivity contribution in [1.82, 2.24) is 4.90 Å². The smallest absolute Gasteiger partial charge is 0.288 e. The van der Waals surface area contributed by atoms with Crippen molar-refractivity contribution in [2.75, 3.05) is 20.2 Å². The van der Waals surface area contributed by atoms with Crippen LogP contribution in [-0.4, -0.2) is 49.0 Å². The molecular weight excluding hydrogens is 168 g/mol. The Labute approximate surface area is 68.3 Å². The quantitative estimate of drug-likeness (QED) is 0.517. The zero-order chi connectivity index (χ0) is 8.93. The summed E-state index contributed by atoms with van der Waals surface area (Å²) < 4.78 is 30.7. The molecule has 2 fully saturated rings. The first kappa shape index (κ1) is 8.07. The van der Waals surface area contributed by atoms with Crippen LogP contribution in [-0.2, 0) is 9.53 Å². The highest BCUT2D eigenvalue weighted by Gasteiger charge is 2.59. The number of nitrogens with zero attached hydrogens (tertiary/aromatic N) is 1. The average Bonchev–Trinajstić information content (AvgIpc) is 2.38. The van der Waals surface area contributed by atoms with Gasteiger partial charge in [0.1, 0.15) is 18.8 Å². The molecule has 2 rings (SSSR count). The number of hydrogen-bond donors (Lipinski definition) is 0. The Morgan fingerprint density at radius 2 is 2.33 bits per heavy atom. The second-order valence-corrected chi connectivity index (χ2v) is 3.32. The van der Waals surface area contributed by atoms with Crippen molar-refractivity contribution in [3.63, 3.8) is 0 Å². The molecule has 2 aliphatic rings. The molecule has 0 unspecified atom stereocenters. The fourth-order valence-electron chi connectivity index (χ4n) is 1.87. The Kier molecular flexibility index (Phi) is 1.50. The van der Waals surface area contributed by atoms with Crippen LogP contribution in [0.5, 0.6) is 0 Å². The predicted octanol–water partition coefficient (Wildman–Crippen LogP) is -0.0964. The molecule has 0 aromatic rings. The van der Waals surface area contributed by atoms with Crippen LogP contribution in [0.1, 0.15) is 0 Å². The number of likely N-dealkylation sites (tertiary alicyclic amines) is 1. The molecule has 2 heterocycles. The van der Waals surface area contributed by atoms with Crippen LogP contribution in [0.3, 0.4) is 0 Å². The van der Waals surface area contributed by atoms with Crippen molar-refractivity contribution in [3.8, 4) is 0 Å².